The Morgan fingerprint density at radius 3 is 2.32 bits per heavy atom. The average molecular weight is 411 g/mol. The van der Waals surface area contributed by atoms with E-state index in [1.54, 1.807) is 6.07 Å². The van der Waals surface area contributed by atoms with Crippen molar-refractivity contribution in [2.75, 3.05) is 16.0 Å². The molecule has 1 fully saturated rings. The SMILES string of the molecule is CC(=O)Nc1ccc(C(F)(F)F)cc1NC(=O)c1ccc(NC(=O)C2CC2)s1. The summed E-state index contributed by atoms with van der Waals surface area (Å²) in [5.74, 6) is -1.25. The molecule has 0 aliphatic heterocycles. The van der Waals surface area contributed by atoms with Crippen LogP contribution in [0.25, 0.3) is 0 Å². The second-order valence-corrected chi connectivity index (χ2v) is 7.40. The molecule has 0 spiro atoms. The molecule has 0 radical (unpaired) electrons. The molecule has 1 heterocycles. The fourth-order valence-electron chi connectivity index (χ4n) is 2.40. The summed E-state index contributed by atoms with van der Waals surface area (Å²) in [6.45, 7) is 1.21. The van der Waals surface area contributed by atoms with Crippen molar-refractivity contribution in [3.63, 3.8) is 0 Å². The third kappa shape index (κ3) is 4.89. The second kappa shape index (κ2) is 7.63. The van der Waals surface area contributed by atoms with Crippen LogP contribution in [0.2, 0.25) is 0 Å². The molecule has 1 aromatic heterocycles. The highest BCUT2D eigenvalue weighted by molar-refractivity contribution is 7.18. The van der Waals surface area contributed by atoms with Crippen LogP contribution in [0.4, 0.5) is 29.5 Å². The number of rotatable bonds is 5. The Morgan fingerprint density at radius 1 is 1.00 bits per heavy atom. The average Bonchev–Trinajstić information content (AvgIpc) is 3.35. The van der Waals surface area contributed by atoms with E-state index in [9.17, 15) is 27.6 Å². The minimum Gasteiger partial charge on any atom is -0.325 e. The van der Waals surface area contributed by atoms with E-state index in [1.165, 1.54) is 13.0 Å². The van der Waals surface area contributed by atoms with Gasteiger partial charge in [-0.05, 0) is 43.2 Å². The summed E-state index contributed by atoms with van der Waals surface area (Å²) < 4.78 is 38.9. The van der Waals surface area contributed by atoms with Gasteiger partial charge in [0.05, 0.1) is 26.8 Å². The molecular formula is C18H16F3N3O3S. The lowest BCUT2D eigenvalue weighted by molar-refractivity contribution is -0.137. The van der Waals surface area contributed by atoms with Crippen molar-refractivity contribution >= 4 is 45.4 Å². The highest BCUT2D eigenvalue weighted by Gasteiger charge is 2.32. The summed E-state index contributed by atoms with van der Waals surface area (Å²) in [4.78, 5) is 35.7. The molecule has 3 rings (SSSR count). The van der Waals surface area contributed by atoms with Gasteiger partial charge in [0.15, 0.2) is 0 Å². The van der Waals surface area contributed by atoms with Crippen LogP contribution in [0.3, 0.4) is 0 Å². The summed E-state index contributed by atoms with van der Waals surface area (Å²) in [7, 11) is 0. The van der Waals surface area contributed by atoms with Gasteiger partial charge in [-0.25, -0.2) is 0 Å². The highest BCUT2D eigenvalue weighted by Crippen LogP contribution is 2.35. The molecular weight excluding hydrogens is 395 g/mol. The maximum absolute atomic E-state index is 13.0. The van der Waals surface area contributed by atoms with Crippen LogP contribution in [-0.4, -0.2) is 17.7 Å². The molecule has 0 unspecified atom stereocenters. The summed E-state index contributed by atoms with van der Waals surface area (Å²) in [5.41, 5.74) is -1.08. The first-order valence-corrected chi connectivity index (χ1v) is 9.16. The van der Waals surface area contributed by atoms with Crippen molar-refractivity contribution in [2.45, 2.75) is 25.9 Å². The van der Waals surface area contributed by atoms with Crippen molar-refractivity contribution in [3.05, 3.63) is 40.8 Å². The van der Waals surface area contributed by atoms with Crippen molar-refractivity contribution in [1.82, 2.24) is 0 Å². The number of benzene rings is 1. The number of nitrogens with one attached hydrogen (secondary N) is 3. The normalized spacial score (nSPS) is 13.7. The topological polar surface area (TPSA) is 87.3 Å². The minimum absolute atomic E-state index is 0.00435. The maximum Gasteiger partial charge on any atom is 0.416 e. The molecule has 148 valence electrons. The highest BCUT2D eigenvalue weighted by atomic mass is 32.1. The fraction of sp³-hybridized carbons (Fsp3) is 0.278. The Kier molecular flexibility index (Phi) is 5.41. The molecule has 1 saturated carbocycles. The monoisotopic (exact) mass is 411 g/mol. The van der Waals surface area contributed by atoms with Crippen LogP contribution in [0, 0.1) is 5.92 Å². The van der Waals surface area contributed by atoms with Gasteiger partial charge in [0.2, 0.25) is 11.8 Å². The predicted octanol–water partition coefficient (Wildman–Crippen LogP) is 4.33. The Bertz CT molecular complexity index is 936. The number of anilines is 3. The zero-order chi connectivity index (χ0) is 20.5. The van der Waals surface area contributed by atoms with Crippen LogP contribution in [0.5, 0.6) is 0 Å². The first-order valence-electron chi connectivity index (χ1n) is 8.34. The molecule has 2 aromatic rings. The van der Waals surface area contributed by atoms with Gasteiger partial charge < -0.3 is 16.0 Å². The lowest BCUT2D eigenvalue weighted by atomic mass is 10.1. The van der Waals surface area contributed by atoms with Crippen LogP contribution >= 0.6 is 11.3 Å². The summed E-state index contributed by atoms with van der Waals surface area (Å²) >= 11 is 1.01. The third-order valence-electron chi connectivity index (χ3n) is 3.93. The molecule has 0 atom stereocenters. The van der Waals surface area contributed by atoms with E-state index < -0.39 is 23.6 Å². The molecule has 1 aromatic carbocycles. The first-order chi connectivity index (χ1) is 13.1. The van der Waals surface area contributed by atoms with E-state index in [0.29, 0.717) is 5.00 Å². The number of carbonyl (C=O) groups excluding carboxylic acids is 3. The largest absolute Gasteiger partial charge is 0.416 e. The summed E-state index contributed by atoms with van der Waals surface area (Å²) in [6.07, 6.45) is -2.92. The predicted molar refractivity (Wildman–Crippen MR) is 99.4 cm³/mol. The third-order valence-corrected chi connectivity index (χ3v) is 4.93. The van der Waals surface area contributed by atoms with Crippen LogP contribution < -0.4 is 16.0 Å². The zero-order valence-corrected chi connectivity index (χ0v) is 15.5. The Morgan fingerprint density at radius 2 is 1.71 bits per heavy atom. The van der Waals surface area contributed by atoms with E-state index in [4.69, 9.17) is 0 Å². The molecule has 0 bridgehead atoms. The second-order valence-electron chi connectivity index (χ2n) is 6.32. The first kappa shape index (κ1) is 19.9. The number of halogens is 3. The van der Waals surface area contributed by atoms with E-state index in [2.05, 4.69) is 16.0 Å². The number of carbonyl (C=O) groups is 3. The van der Waals surface area contributed by atoms with E-state index >= 15 is 0 Å². The lowest BCUT2D eigenvalue weighted by Crippen LogP contribution is -2.16. The van der Waals surface area contributed by atoms with Crippen molar-refractivity contribution in [2.24, 2.45) is 5.92 Å². The number of hydrogen-bond acceptors (Lipinski definition) is 4. The smallest absolute Gasteiger partial charge is 0.325 e. The van der Waals surface area contributed by atoms with E-state index in [0.717, 1.165) is 42.4 Å². The van der Waals surface area contributed by atoms with Crippen molar-refractivity contribution < 1.29 is 27.6 Å². The van der Waals surface area contributed by atoms with Gasteiger partial charge in [0.1, 0.15) is 0 Å². The molecule has 0 saturated heterocycles. The molecule has 6 nitrogen and oxygen atoms in total. The van der Waals surface area contributed by atoms with Gasteiger partial charge in [0, 0.05) is 12.8 Å². The zero-order valence-electron chi connectivity index (χ0n) is 14.6. The van der Waals surface area contributed by atoms with Gasteiger partial charge in [-0.15, -0.1) is 11.3 Å². The number of alkyl halides is 3. The Balaban J connectivity index is 1.79. The van der Waals surface area contributed by atoms with Crippen LogP contribution in [0.1, 0.15) is 35.0 Å². The number of thiophene rings is 1. The Labute approximate surface area is 162 Å². The molecule has 3 N–H and O–H groups in total. The molecule has 1 aliphatic carbocycles. The maximum atomic E-state index is 13.0. The fourth-order valence-corrected chi connectivity index (χ4v) is 3.21. The summed E-state index contributed by atoms with van der Waals surface area (Å²) in [5, 5.41) is 7.96. The number of amides is 3. The van der Waals surface area contributed by atoms with Gasteiger partial charge >= 0.3 is 6.18 Å². The summed E-state index contributed by atoms with van der Waals surface area (Å²) in [6, 6.07) is 5.68. The quantitative estimate of drug-likeness (QED) is 0.685. The van der Waals surface area contributed by atoms with Crippen LogP contribution in [0.15, 0.2) is 30.3 Å². The standard InChI is InChI=1S/C18H16F3N3O3S/c1-9(25)22-12-5-4-11(18(19,20)21)8-13(12)23-17(27)14-6-7-15(28-14)24-16(26)10-2-3-10/h4-8,10H,2-3H2,1H3,(H,22,25)(H,23,27)(H,24,26). The van der Waals surface area contributed by atoms with E-state index in [1.807, 2.05) is 0 Å². The Hall–Kier alpha value is -2.88. The van der Waals surface area contributed by atoms with Gasteiger partial charge in [-0.1, -0.05) is 0 Å². The van der Waals surface area contributed by atoms with Crippen molar-refractivity contribution in [1.29, 1.82) is 0 Å². The van der Waals surface area contributed by atoms with Gasteiger partial charge in [0.25, 0.3) is 5.91 Å². The van der Waals surface area contributed by atoms with Gasteiger partial charge in [-0.3, -0.25) is 14.4 Å². The van der Waals surface area contributed by atoms with E-state index in [-0.39, 0.29) is 28.1 Å². The van der Waals surface area contributed by atoms with Gasteiger partial charge in [-0.2, -0.15) is 13.2 Å². The number of hydrogen-bond donors (Lipinski definition) is 3. The molecule has 28 heavy (non-hydrogen) atoms. The van der Waals surface area contributed by atoms with Crippen LogP contribution in [-0.2, 0) is 15.8 Å². The molecule has 3 amide bonds. The van der Waals surface area contributed by atoms with Crippen molar-refractivity contribution in [3.8, 4) is 0 Å². The molecule has 1 aliphatic rings. The molecule has 10 heteroatoms. The minimum atomic E-state index is -4.60. The lowest BCUT2D eigenvalue weighted by Gasteiger charge is -2.14.